The van der Waals surface area contributed by atoms with Crippen molar-refractivity contribution in [2.24, 2.45) is 11.8 Å². The predicted molar refractivity (Wildman–Crippen MR) is 152 cm³/mol. The fourth-order valence-electron chi connectivity index (χ4n) is 4.63. The van der Waals surface area contributed by atoms with E-state index in [1.54, 1.807) is 26.0 Å². The summed E-state index contributed by atoms with van der Waals surface area (Å²) in [6.07, 6.45) is 5.66. The van der Waals surface area contributed by atoms with Gasteiger partial charge in [0.1, 0.15) is 0 Å². The van der Waals surface area contributed by atoms with Crippen LogP contribution < -0.4 is 0 Å². The molecule has 1 aliphatic rings. The van der Waals surface area contributed by atoms with Crippen molar-refractivity contribution in [3.8, 4) is 11.1 Å². The van der Waals surface area contributed by atoms with Gasteiger partial charge in [0, 0.05) is 22.1 Å². The van der Waals surface area contributed by atoms with Crippen molar-refractivity contribution in [1.29, 1.82) is 0 Å². The molecule has 4 aromatic rings. The van der Waals surface area contributed by atoms with Crippen LogP contribution in [0.3, 0.4) is 0 Å². The molecular weight excluding hydrogens is 516 g/mol. The maximum absolute atomic E-state index is 13.6. The largest absolute Gasteiger partial charge is 0.481 e. The van der Waals surface area contributed by atoms with Gasteiger partial charge in [0.2, 0.25) is 0 Å². The van der Waals surface area contributed by atoms with Crippen LogP contribution in [0, 0.1) is 23.5 Å². The van der Waals surface area contributed by atoms with Gasteiger partial charge in [-0.3, -0.25) is 4.79 Å². The molecule has 1 fully saturated rings. The van der Waals surface area contributed by atoms with Crippen molar-refractivity contribution in [3.05, 3.63) is 95.2 Å². The number of halogens is 2. The summed E-state index contributed by atoms with van der Waals surface area (Å²) in [5.41, 5.74) is 3.49. The van der Waals surface area contributed by atoms with Crippen molar-refractivity contribution < 1.29 is 23.8 Å². The normalized spacial score (nSPS) is 14.7. The Hall–Kier alpha value is -3.55. The highest BCUT2D eigenvalue weighted by molar-refractivity contribution is 7.99. The Balaban J connectivity index is 1.38. The van der Waals surface area contributed by atoms with Crippen LogP contribution in [0.4, 0.5) is 8.78 Å². The summed E-state index contributed by atoms with van der Waals surface area (Å²) in [5, 5.41) is 21.0. The molecule has 5 rings (SSSR count). The monoisotopic (exact) mass is 545 g/mol. The minimum atomic E-state index is -1.10. The van der Waals surface area contributed by atoms with Crippen molar-refractivity contribution in [1.82, 2.24) is 4.98 Å². The molecule has 7 heteroatoms. The first kappa shape index (κ1) is 27.0. The van der Waals surface area contributed by atoms with E-state index in [0.717, 1.165) is 52.1 Å². The number of benzene rings is 3. The lowest BCUT2D eigenvalue weighted by Gasteiger charge is -2.23. The van der Waals surface area contributed by atoms with E-state index in [2.05, 4.69) is 4.98 Å². The summed E-state index contributed by atoms with van der Waals surface area (Å²) in [6.45, 7) is 3.48. The zero-order valence-corrected chi connectivity index (χ0v) is 22.5. The Labute approximate surface area is 230 Å². The first-order valence-corrected chi connectivity index (χ1v) is 13.8. The molecule has 200 valence electrons. The van der Waals surface area contributed by atoms with E-state index in [4.69, 9.17) is 0 Å². The van der Waals surface area contributed by atoms with Gasteiger partial charge < -0.3 is 10.2 Å². The molecule has 0 saturated heterocycles. The summed E-state index contributed by atoms with van der Waals surface area (Å²) >= 11 is 1.49. The van der Waals surface area contributed by atoms with E-state index in [0.29, 0.717) is 22.3 Å². The number of hydrogen-bond acceptors (Lipinski definition) is 4. The van der Waals surface area contributed by atoms with Crippen LogP contribution in [-0.4, -0.2) is 26.9 Å². The second kappa shape index (κ2) is 10.9. The fourth-order valence-corrected chi connectivity index (χ4v) is 6.03. The fraction of sp³-hybridized carbons (Fsp3) is 0.250. The summed E-state index contributed by atoms with van der Waals surface area (Å²) < 4.78 is 27.1. The number of rotatable bonds is 9. The number of aliphatic hydroxyl groups is 1. The number of fused-ring (bicyclic) bond motifs is 1. The number of hydrogen-bond donors (Lipinski definition) is 2. The van der Waals surface area contributed by atoms with Gasteiger partial charge in [0.25, 0.3) is 0 Å². The lowest BCUT2D eigenvalue weighted by molar-refractivity contribution is -0.141. The molecule has 0 amide bonds. The zero-order chi connectivity index (χ0) is 27.7. The first-order chi connectivity index (χ1) is 18.6. The maximum atomic E-state index is 13.6. The number of carbonyl (C=O) groups is 1. The number of pyridine rings is 1. The summed E-state index contributed by atoms with van der Waals surface area (Å²) in [7, 11) is 0. The molecule has 1 unspecified atom stereocenters. The molecule has 3 aromatic carbocycles. The summed E-state index contributed by atoms with van der Waals surface area (Å²) in [5.74, 6) is -2.21. The summed E-state index contributed by atoms with van der Waals surface area (Å²) in [4.78, 5) is 17.0. The Morgan fingerprint density at radius 3 is 2.49 bits per heavy atom. The second-order valence-electron chi connectivity index (χ2n) is 10.5. The van der Waals surface area contributed by atoms with Crippen molar-refractivity contribution in [3.63, 3.8) is 0 Å². The molecule has 4 nitrogen and oxygen atoms in total. The molecule has 1 aromatic heterocycles. The quantitative estimate of drug-likeness (QED) is 0.210. The number of carboxylic acids is 1. The standard InChI is InChI=1S/C32H29F2NO3S/c1-32(2,38)26-15-22(10-13-30(26)39-18-25(31(36)37)20-7-8-20)21-5-3-4-19(14-21)6-11-24-12-9-23-16-27(33)28(34)17-29(23)35-24/h3-6,9-17,20,25,38H,7-8,18H2,1-2H3,(H,36,37). The third kappa shape index (κ3) is 6.37. The highest BCUT2D eigenvalue weighted by Gasteiger charge is 2.36. The number of carboxylic acid groups (broad SMARTS) is 1. The number of aliphatic carboxylic acids is 1. The van der Waals surface area contributed by atoms with Crippen LogP contribution in [0.15, 0.2) is 71.6 Å². The Kier molecular flexibility index (Phi) is 7.56. The molecule has 0 bridgehead atoms. The van der Waals surface area contributed by atoms with Gasteiger partial charge in [0.15, 0.2) is 11.6 Å². The Morgan fingerprint density at radius 2 is 1.77 bits per heavy atom. The molecule has 39 heavy (non-hydrogen) atoms. The van der Waals surface area contributed by atoms with Crippen LogP contribution in [-0.2, 0) is 10.4 Å². The average molecular weight is 546 g/mol. The summed E-state index contributed by atoms with van der Waals surface area (Å²) in [6, 6.07) is 19.5. The van der Waals surface area contributed by atoms with Crippen LogP contribution in [0.1, 0.15) is 43.5 Å². The second-order valence-corrected chi connectivity index (χ2v) is 11.6. The molecular formula is C32H29F2NO3S. The minimum absolute atomic E-state index is 0.254. The average Bonchev–Trinajstić information content (AvgIpc) is 3.73. The molecule has 1 atom stereocenters. The third-order valence-corrected chi connectivity index (χ3v) is 8.18. The first-order valence-electron chi connectivity index (χ1n) is 12.9. The zero-order valence-electron chi connectivity index (χ0n) is 21.7. The Morgan fingerprint density at radius 1 is 1.03 bits per heavy atom. The van der Waals surface area contributed by atoms with Crippen molar-refractivity contribution in [2.45, 2.75) is 37.2 Å². The van der Waals surface area contributed by atoms with E-state index in [-0.39, 0.29) is 11.8 Å². The third-order valence-electron chi connectivity index (χ3n) is 6.98. The molecule has 0 spiro atoms. The highest BCUT2D eigenvalue weighted by atomic mass is 32.2. The smallest absolute Gasteiger partial charge is 0.307 e. The van der Waals surface area contributed by atoms with Crippen LogP contribution in [0.5, 0.6) is 0 Å². The van der Waals surface area contributed by atoms with Gasteiger partial charge in [-0.15, -0.1) is 11.8 Å². The maximum Gasteiger partial charge on any atom is 0.307 e. The number of thioether (sulfide) groups is 1. The molecule has 0 aliphatic heterocycles. The van der Waals surface area contributed by atoms with Gasteiger partial charge in [-0.1, -0.05) is 36.4 Å². The van der Waals surface area contributed by atoms with Crippen molar-refractivity contribution >= 4 is 40.8 Å². The lowest BCUT2D eigenvalue weighted by atomic mass is 9.93. The van der Waals surface area contributed by atoms with Gasteiger partial charge in [-0.05, 0) is 91.3 Å². The Bertz CT molecular complexity index is 1570. The number of aromatic nitrogens is 1. The topological polar surface area (TPSA) is 70.4 Å². The van der Waals surface area contributed by atoms with Crippen molar-refractivity contribution in [2.75, 3.05) is 5.75 Å². The highest BCUT2D eigenvalue weighted by Crippen LogP contribution is 2.41. The van der Waals surface area contributed by atoms with E-state index in [1.807, 2.05) is 54.6 Å². The van der Waals surface area contributed by atoms with Crippen LogP contribution in [0.25, 0.3) is 34.2 Å². The minimum Gasteiger partial charge on any atom is -0.481 e. The van der Waals surface area contributed by atoms with Gasteiger partial charge in [-0.25, -0.2) is 13.8 Å². The van der Waals surface area contributed by atoms with E-state index in [9.17, 15) is 23.8 Å². The van der Waals surface area contributed by atoms with Gasteiger partial charge in [0.05, 0.1) is 22.7 Å². The van der Waals surface area contributed by atoms with E-state index in [1.165, 1.54) is 11.8 Å². The van der Waals surface area contributed by atoms with Gasteiger partial charge in [-0.2, -0.15) is 0 Å². The molecule has 1 aliphatic carbocycles. The van der Waals surface area contributed by atoms with Gasteiger partial charge >= 0.3 is 5.97 Å². The molecule has 1 saturated carbocycles. The van der Waals surface area contributed by atoms with Crippen LogP contribution >= 0.6 is 11.8 Å². The molecule has 1 heterocycles. The molecule has 0 radical (unpaired) electrons. The number of nitrogens with zero attached hydrogens (tertiary/aromatic N) is 1. The predicted octanol–water partition coefficient (Wildman–Crippen LogP) is 7.78. The SMILES string of the molecule is CC(C)(O)c1cc(-c2cccc(C=Cc3ccc4cc(F)c(F)cc4n3)c2)ccc1SCC(C(=O)O)C1CC1. The van der Waals surface area contributed by atoms with E-state index >= 15 is 0 Å². The van der Waals surface area contributed by atoms with E-state index < -0.39 is 23.2 Å². The van der Waals surface area contributed by atoms with Crippen LogP contribution in [0.2, 0.25) is 0 Å². The molecule has 2 N–H and O–H groups in total. The lowest BCUT2D eigenvalue weighted by Crippen LogP contribution is -2.20.